The smallest absolute Gasteiger partial charge is 0.231 e. The molecule has 1 heterocycles. The van der Waals surface area contributed by atoms with E-state index in [0.29, 0.717) is 5.11 Å². The van der Waals surface area contributed by atoms with Gasteiger partial charge in [-0.1, -0.05) is 12.1 Å². The molecule has 6 heteroatoms. The van der Waals surface area contributed by atoms with Gasteiger partial charge in [-0.25, -0.2) is 0 Å². The number of anilines is 2. The summed E-state index contributed by atoms with van der Waals surface area (Å²) in [7, 11) is 0. The van der Waals surface area contributed by atoms with Crippen LogP contribution in [0.15, 0.2) is 42.5 Å². The fraction of sp³-hybridized carbons (Fsp3) is 0.316. The summed E-state index contributed by atoms with van der Waals surface area (Å²) in [6, 6.07) is 14.2. The highest BCUT2D eigenvalue weighted by Crippen LogP contribution is 2.34. The maximum absolute atomic E-state index is 5.38. The average Bonchev–Trinajstić information content (AvgIpc) is 3.06. The number of hydrogen-bond donors (Lipinski definition) is 2. The Morgan fingerprint density at radius 1 is 1.16 bits per heavy atom. The summed E-state index contributed by atoms with van der Waals surface area (Å²) in [5.74, 6) is 1.51. The van der Waals surface area contributed by atoms with Crippen molar-refractivity contribution in [1.29, 1.82) is 0 Å². The van der Waals surface area contributed by atoms with E-state index in [2.05, 4.69) is 53.6 Å². The summed E-state index contributed by atoms with van der Waals surface area (Å²) in [6.45, 7) is 7.13. The predicted octanol–water partition coefficient (Wildman–Crippen LogP) is 3.54. The minimum absolute atomic E-state index is 0.271. The van der Waals surface area contributed by atoms with Crippen LogP contribution in [0, 0.1) is 6.92 Å². The van der Waals surface area contributed by atoms with Gasteiger partial charge < -0.3 is 25.0 Å². The highest BCUT2D eigenvalue weighted by molar-refractivity contribution is 7.80. The van der Waals surface area contributed by atoms with Crippen LogP contribution < -0.4 is 25.0 Å². The molecule has 25 heavy (non-hydrogen) atoms. The fourth-order valence-corrected chi connectivity index (χ4v) is 2.97. The summed E-state index contributed by atoms with van der Waals surface area (Å²) >= 11 is 5.38. The van der Waals surface area contributed by atoms with Gasteiger partial charge in [0.15, 0.2) is 16.6 Å². The van der Waals surface area contributed by atoms with Gasteiger partial charge in [0.2, 0.25) is 6.79 Å². The summed E-state index contributed by atoms with van der Waals surface area (Å²) in [5.41, 5.74) is 3.38. The number of thiocarbonyl (C=S) groups is 1. The van der Waals surface area contributed by atoms with Crippen molar-refractivity contribution < 1.29 is 9.47 Å². The number of nitrogens with one attached hydrogen (secondary N) is 2. The number of likely N-dealkylation sites (N-methyl/N-ethyl adjacent to an activating group) is 1. The van der Waals surface area contributed by atoms with Crippen molar-refractivity contribution in [1.82, 2.24) is 5.32 Å². The topological polar surface area (TPSA) is 45.8 Å². The normalized spacial score (nSPS) is 11.9. The van der Waals surface area contributed by atoms with E-state index in [9.17, 15) is 0 Å². The first-order valence-corrected chi connectivity index (χ1v) is 8.82. The molecular formula is C19H23N3O2S. The minimum Gasteiger partial charge on any atom is -0.454 e. The number of aryl methyl sites for hydroxylation is 1. The summed E-state index contributed by atoms with van der Waals surface area (Å²) in [4.78, 5) is 2.32. The van der Waals surface area contributed by atoms with E-state index in [4.69, 9.17) is 21.7 Å². The SMILES string of the molecule is CCN(CCNC(=S)Nc1ccc2c(c1)OCO2)c1cccc(C)c1. The van der Waals surface area contributed by atoms with Crippen LogP contribution in [0.4, 0.5) is 11.4 Å². The second-order valence-electron chi connectivity index (χ2n) is 5.87. The predicted molar refractivity (Wildman–Crippen MR) is 106 cm³/mol. The van der Waals surface area contributed by atoms with Crippen molar-refractivity contribution in [2.45, 2.75) is 13.8 Å². The van der Waals surface area contributed by atoms with Crippen LogP contribution in [-0.2, 0) is 0 Å². The Morgan fingerprint density at radius 2 is 2.00 bits per heavy atom. The van der Waals surface area contributed by atoms with E-state index in [1.165, 1.54) is 11.3 Å². The lowest BCUT2D eigenvalue weighted by molar-refractivity contribution is 0.174. The zero-order chi connectivity index (χ0) is 17.6. The molecule has 0 amide bonds. The quantitative estimate of drug-likeness (QED) is 0.771. The van der Waals surface area contributed by atoms with Gasteiger partial charge in [0.25, 0.3) is 0 Å². The van der Waals surface area contributed by atoms with Gasteiger partial charge in [-0.3, -0.25) is 0 Å². The van der Waals surface area contributed by atoms with Crippen molar-refractivity contribution in [2.24, 2.45) is 0 Å². The Morgan fingerprint density at radius 3 is 2.80 bits per heavy atom. The number of ether oxygens (including phenoxy) is 2. The molecule has 5 nitrogen and oxygen atoms in total. The molecule has 0 radical (unpaired) electrons. The number of rotatable bonds is 6. The molecular weight excluding hydrogens is 334 g/mol. The van der Waals surface area contributed by atoms with E-state index in [-0.39, 0.29) is 6.79 Å². The summed E-state index contributed by atoms with van der Waals surface area (Å²) < 4.78 is 10.7. The lowest BCUT2D eigenvalue weighted by Crippen LogP contribution is -2.36. The van der Waals surface area contributed by atoms with Crippen LogP contribution in [0.25, 0.3) is 0 Å². The van der Waals surface area contributed by atoms with Crippen molar-refractivity contribution in [3.63, 3.8) is 0 Å². The first-order valence-electron chi connectivity index (χ1n) is 8.42. The maximum atomic E-state index is 5.38. The molecule has 0 bridgehead atoms. The molecule has 0 saturated heterocycles. The Labute approximate surface area is 153 Å². The molecule has 0 aromatic heterocycles. The molecule has 0 aliphatic carbocycles. The molecule has 0 fully saturated rings. The molecule has 2 aromatic rings. The molecule has 1 aliphatic rings. The Kier molecular flexibility index (Phi) is 5.60. The molecule has 0 unspecified atom stereocenters. The van der Waals surface area contributed by atoms with E-state index in [1.807, 2.05) is 18.2 Å². The van der Waals surface area contributed by atoms with Gasteiger partial charge in [0.05, 0.1) is 0 Å². The van der Waals surface area contributed by atoms with Crippen LogP contribution in [0.2, 0.25) is 0 Å². The third-order valence-electron chi connectivity index (χ3n) is 4.05. The van der Waals surface area contributed by atoms with Crippen molar-refractivity contribution >= 4 is 28.7 Å². The standard InChI is InChI=1S/C19H23N3O2S/c1-3-22(16-6-4-5-14(2)11-16)10-9-20-19(25)21-15-7-8-17-18(12-15)24-13-23-17/h4-8,11-12H,3,9-10,13H2,1-2H3,(H2,20,21,25). The third kappa shape index (κ3) is 4.54. The molecule has 2 aromatic carbocycles. The monoisotopic (exact) mass is 357 g/mol. The lowest BCUT2D eigenvalue weighted by atomic mass is 10.2. The first-order chi connectivity index (χ1) is 12.2. The highest BCUT2D eigenvalue weighted by Gasteiger charge is 2.13. The summed E-state index contributed by atoms with van der Waals surface area (Å²) in [5, 5.41) is 7.03. The van der Waals surface area contributed by atoms with Crippen molar-refractivity contribution in [3.05, 3.63) is 48.0 Å². The van der Waals surface area contributed by atoms with E-state index in [0.717, 1.165) is 36.8 Å². The number of fused-ring (bicyclic) bond motifs is 1. The van der Waals surface area contributed by atoms with Gasteiger partial charge in [0, 0.05) is 37.1 Å². The van der Waals surface area contributed by atoms with Crippen molar-refractivity contribution in [3.8, 4) is 11.5 Å². The molecule has 132 valence electrons. The molecule has 1 aliphatic heterocycles. The molecule has 0 saturated carbocycles. The molecule has 0 atom stereocenters. The van der Waals surface area contributed by atoms with Crippen molar-refractivity contribution in [2.75, 3.05) is 36.6 Å². The fourth-order valence-electron chi connectivity index (χ4n) is 2.75. The second kappa shape index (κ2) is 8.07. The zero-order valence-corrected chi connectivity index (χ0v) is 15.4. The van der Waals surface area contributed by atoms with Gasteiger partial charge in [-0.05, 0) is 55.9 Å². The number of hydrogen-bond acceptors (Lipinski definition) is 4. The van der Waals surface area contributed by atoms with Crippen LogP contribution in [0.1, 0.15) is 12.5 Å². The third-order valence-corrected chi connectivity index (χ3v) is 4.29. The first kappa shape index (κ1) is 17.4. The van der Waals surface area contributed by atoms with Gasteiger partial charge >= 0.3 is 0 Å². The Balaban J connectivity index is 1.48. The largest absolute Gasteiger partial charge is 0.454 e. The highest BCUT2D eigenvalue weighted by atomic mass is 32.1. The number of benzene rings is 2. The van der Waals surface area contributed by atoms with E-state index >= 15 is 0 Å². The van der Waals surface area contributed by atoms with Gasteiger partial charge in [-0.15, -0.1) is 0 Å². The van der Waals surface area contributed by atoms with Crippen LogP contribution in [0.3, 0.4) is 0 Å². The van der Waals surface area contributed by atoms with Gasteiger partial charge in [-0.2, -0.15) is 0 Å². The van der Waals surface area contributed by atoms with E-state index in [1.54, 1.807) is 0 Å². The molecule has 2 N–H and O–H groups in total. The maximum Gasteiger partial charge on any atom is 0.231 e. The van der Waals surface area contributed by atoms with Crippen LogP contribution >= 0.6 is 12.2 Å². The van der Waals surface area contributed by atoms with Crippen LogP contribution in [-0.4, -0.2) is 31.5 Å². The summed E-state index contributed by atoms with van der Waals surface area (Å²) in [6.07, 6.45) is 0. The van der Waals surface area contributed by atoms with Crippen LogP contribution in [0.5, 0.6) is 11.5 Å². The van der Waals surface area contributed by atoms with Gasteiger partial charge in [0.1, 0.15) is 0 Å². The van der Waals surface area contributed by atoms with E-state index < -0.39 is 0 Å². The number of nitrogens with zero attached hydrogens (tertiary/aromatic N) is 1. The lowest BCUT2D eigenvalue weighted by Gasteiger charge is -2.24. The minimum atomic E-state index is 0.271. The Hall–Kier alpha value is -2.47. The average molecular weight is 357 g/mol. The Bertz CT molecular complexity index is 751. The zero-order valence-electron chi connectivity index (χ0n) is 14.5. The molecule has 0 spiro atoms. The second-order valence-corrected chi connectivity index (χ2v) is 6.28. The molecule has 3 rings (SSSR count).